The maximum Gasteiger partial charge on any atom is 0.416 e. The summed E-state index contributed by atoms with van der Waals surface area (Å²) in [6.45, 7) is 7.25. The number of amides is 1. The van der Waals surface area contributed by atoms with E-state index < -0.39 is 11.7 Å². The zero-order chi connectivity index (χ0) is 18.3. The number of alkyl halides is 3. The highest BCUT2D eigenvalue weighted by atomic mass is 19.4. The molecule has 1 N–H and O–H groups in total. The van der Waals surface area contributed by atoms with E-state index in [1.54, 1.807) is 13.8 Å². The molecule has 1 amide bonds. The van der Waals surface area contributed by atoms with Crippen molar-refractivity contribution in [3.63, 3.8) is 0 Å². The third-order valence-electron chi connectivity index (χ3n) is 3.19. The molecular formula is C17H24F3NO3. The summed E-state index contributed by atoms with van der Waals surface area (Å²) in [7, 11) is 0. The van der Waals surface area contributed by atoms with Gasteiger partial charge in [-0.05, 0) is 37.5 Å². The molecule has 0 radical (unpaired) electrons. The zero-order valence-corrected chi connectivity index (χ0v) is 14.4. The van der Waals surface area contributed by atoms with E-state index in [1.807, 2.05) is 13.8 Å². The average molecular weight is 347 g/mol. The highest BCUT2D eigenvalue weighted by molar-refractivity contribution is 5.77. The molecule has 1 aromatic carbocycles. The second-order valence-electron chi connectivity index (χ2n) is 5.96. The summed E-state index contributed by atoms with van der Waals surface area (Å²) in [6.07, 6.45) is -4.48. The molecule has 0 unspecified atom stereocenters. The Labute approximate surface area is 140 Å². The van der Waals surface area contributed by atoms with Crippen LogP contribution >= 0.6 is 0 Å². The van der Waals surface area contributed by atoms with Gasteiger partial charge in [0, 0.05) is 0 Å². The topological polar surface area (TPSA) is 47.6 Å². The maximum absolute atomic E-state index is 13.1. The second-order valence-corrected chi connectivity index (χ2v) is 5.96. The van der Waals surface area contributed by atoms with Gasteiger partial charge < -0.3 is 14.8 Å². The van der Waals surface area contributed by atoms with E-state index in [0.717, 1.165) is 6.07 Å². The first-order chi connectivity index (χ1) is 11.1. The molecule has 0 saturated heterocycles. The van der Waals surface area contributed by atoms with Gasteiger partial charge in [-0.3, -0.25) is 4.79 Å². The van der Waals surface area contributed by atoms with Crippen molar-refractivity contribution in [3.05, 3.63) is 29.3 Å². The SMILES string of the molecule is CC(C)OCC(=O)NCCOc1ccc(C(C)C)c(C(F)(F)F)c1. The molecule has 0 bridgehead atoms. The molecule has 0 aliphatic carbocycles. The Balaban J connectivity index is 2.56. The lowest BCUT2D eigenvalue weighted by molar-refractivity contribution is -0.138. The molecule has 0 aliphatic heterocycles. The lowest BCUT2D eigenvalue weighted by Crippen LogP contribution is -2.32. The first-order valence-corrected chi connectivity index (χ1v) is 7.83. The van der Waals surface area contributed by atoms with Gasteiger partial charge >= 0.3 is 6.18 Å². The second kappa shape index (κ2) is 8.92. The van der Waals surface area contributed by atoms with Gasteiger partial charge in [-0.1, -0.05) is 19.9 Å². The Bertz CT molecular complexity index is 542. The lowest BCUT2D eigenvalue weighted by Gasteiger charge is -2.17. The molecule has 4 nitrogen and oxygen atoms in total. The molecule has 0 spiro atoms. The van der Waals surface area contributed by atoms with Gasteiger partial charge in [-0.15, -0.1) is 0 Å². The highest BCUT2D eigenvalue weighted by Crippen LogP contribution is 2.37. The molecule has 0 saturated carbocycles. The van der Waals surface area contributed by atoms with Crippen LogP contribution < -0.4 is 10.1 Å². The van der Waals surface area contributed by atoms with E-state index in [0.29, 0.717) is 0 Å². The van der Waals surface area contributed by atoms with Crippen LogP contribution in [0.1, 0.15) is 44.7 Å². The number of nitrogens with one attached hydrogen (secondary N) is 1. The van der Waals surface area contributed by atoms with Gasteiger partial charge in [0.2, 0.25) is 5.91 Å². The van der Waals surface area contributed by atoms with Gasteiger partial charge in [0.15, 0.2) is 0 Å². The van der Waals surface area contributed by atoms with E-state index in [4.69, 9.17) is 9.47 Å². The predicted molar refractivity (Wildman–Crippen MR) is 85.1 cm³/mol. The van der Waals surface area contributed by atoms with Gasteiger partial charge in [0.05, 0.1) is 18.2 Å². The van der Waals surface area contributed by atoms with Crippen LogP contribution in [0.15, 0.2) is 18.2 Å². The third kappa shape index (κ3) is 6.78. The van der Waals surface area contributed by atoms with Crippen molar-refractivity contribution in [2.24, 2.45) is 0 Å². The molecular weight excluding hydrogens is 323 g/mol. The number of hydrogen-bond acceptors (Lipinski definition) is 3. The molecule has 0 heterocycles. The average Bonchev–Trinajstić information content (AvgIpc) is 2.48. The fourth-order valence-electron chi connectivity index (χ4n) is 2.03. The first kappa shape index (κ1) is 20.3. The predicted octanol–water partition coefficient (Wildman–Crippen LogP) is 3.75. The minimum absolute atomic E-state index is 0.0488. The molecule has 1 rings (SSSR count). The van der Waals surface area contributed by atoms with Gasteiger partial charge in [-0.2, -0.15) is 13.2 Å². The molecule has 0 fully saturated rings. The Morgan fingerprint density at radius 3 is 2.42 bits per heavy atom. The summed E-state index contributed by atoms with van der Waals surface area (Å²) in [5, 5.41) is 2.57. The van der Waals surface area contributed by atoms with Crippen molar-refractivity contribution in [1.29, 1.82) is 0 Å². The van der Waals surface area contributed by atoms with E-state index >= 15 is 0 Å². The van der Waals surface area contributed by atoms with Crippen LogP contribution in [0.5, 0.6) is 5.75 Å². The number of ether oxygens (including phenoxy) is 2. The molecule has 7 heteroatoms. The standard InChI is InChI=1S/C17H24F3NO3/c1-11(2)14-6-5-13(9-15(14)17(18,19)20)23-8-7-21-16(22)10-24-12(3)4/h5-6,9,11-12H,7-8,10H2,1-4H3,(H,21,22). The van der Waals surface area contributed by atoms with Crippen molar-refractivity contribution in [2.45, 2.75) is 45.9 Å². The monoisotopic (exact) mass is 347 g/mol. The largest absolute Gasteiger partial charge is 0.492 e. The van der Waals surface area contributed by atoms with E-state index in [-0.39, 0.29) is 49.0 Å². The van der Waals surface area contributed by atoms with E-state index in [1.165, 1.54) is 12.1 Å². The Morgan fingerprint density at radius 1 is 1.21 bits per heavy atom. The quantitative estimate of drug-likeness (QED) is 0.729. The van der Waals surface area contributed by atoms with Crippen LogP contribution in [0.3, 0.4) is 0 Å². The molecule has 24 heavy (non-hydrogen) atoms. The fraction of sp³-hybridized carbons (Fsp3) is 0.588. The number of halogens is 3. The molecule has 1 aromatic rings. The summed E-state index contributed by atoms with van der Waals surface area (Å²) < 4.78 is 49.7. The van der Waals surface area contributed by atoms with Gasteiger partial charge in [0.1, 0.15) is 19.0 Å². The van der Waals surface area contributed by atoms with Crippen LogP contribution in [-0.2, 0) is 15.7 Å². The van der Waals surface area contributed by atoms with Crippen LogP contribution in [-0.4, -0.2) is 31.8 Å². The Hall–Kier alpha value is -1.76. The van der Waals surface area contributed by atoms with Crippen molar-refractivity contribution >= 4 is 5.91 Å². The van der Waals surface area contributed by atoms with Crippen LogP contribution in [0.25, 0.3) is 0 Å². The molecule has 0 aromatic heterocycles. The van der Waals surface area contributed by atoms with Crippen molar-refractivity contribution < 1.29 is 27.4 Å². The number of benzene rings is 1. The molecule has 0 aliphatic rings. The lowest BCUT2D eigenvalue weighted by atomic mass is 9.96. The summed E-state index contributed by atoms with van der Waals surface area (Å²) in [4.78, 5) is 11.4. The maximum atomic E-state index is 13.1. The summed E-state index contributed by atoms with van der Waals surface area (Å²) >= 11 is 0. The van der Waals surface area contributed by atoms with E-state index in [2.05, 4.69) is 5.32 Å². The van der Waals surface area contributed by atoms with Gasteiger partial charge in [0.25, 0.3) is 0 Å². The zero-order valence-electron chi connectivity index (χ0n) is 14.4. The smallest absolute Gasteiger partial charge is 0.416 e. The number of rotatable bonds is 8. The normalized spacial score (nSPS) is 11.9. The number of carbonyl (C=O) groups excluding carboxylic acids is 1. The van der Waals surface area contributed by atoms with Crippen molar-refractivity contribution in [2.75, 3.05) is 19.8 Å². The Morgan fingerprint density at radius 2 is 1.88 bits per heavy atom. The Kier molecular flexibility index (Phi) is 7.54. The highest BCUT2D eigenvalue weighted by Gasteiger charge is 2.34. The minimum atomic E-state index is -4.43. The van der Waals surface area contributed by atoms with Crippen LogP contribution in [0, 0.1) is 0 Å². The minimum Gasteiger partial charge on any atom is -0.492 e. The number of carbonyl (C=O) groups is 1. The fourth-order valence-corrected chi connectivity index (χ4v) is 2.03. The van der Waals surface area contributed by atoms with Gasteiger partial charge in [-0.25, -0.2) is 0 Å². The van der Waals surface area contributed by atoms with E-state index in [9.17, 15) is 18.0 Å². The van der Waals surface area contributed by atoms with Crippen LogP contribution in [0.4, 0.5) is 13.2 Å². The van der Waals surface area contributed by atoms with Crippen molar-refractivity contribution in [3.8, 4) is 5.75 Å². The first-order valence-electron chi connectivity index (χ1n) is 7.83. The summed E-state index contributed by atoms with van der Waals surface area (Å²) in [5.41, 5.74) is -0.460. The molecule has 0 atom stereocenters. The van der Waals surface area contributed by atoms with Crippen LogP contribution in [0.2, 0.25) is 0 Å². The summed E-state index contributed by atoms with van der Waals surface area (Å²) in [6, 6.07) is 3.94. The third-order valence-corrected chi connectivity index (χ3v) is 3.19. The summed E-state index contributed by atoms with van der Waals surface area (Å²) in [5.74, 6) is -0.409. The van der Waals surface area contributed by atoms with Crippen molar-refractivity contribution in [1.82, 2.24) is 5.32 Å². The molecule has 136 valence electrons. The number of hydrogen-bond donors (Lipinski definition) is 1.